The van der Waals surface area contributed by atoms with E-state index < -0.39 is 0 Å². The van der Waals surface area contributed by atoms with Gasteiger partial charge in [-0.05, 0) is 69.9 Å². The number of nitrogens with one attached hydrogen (secondary N) is 1. The zero-order chi connectivity index (χ0) is 13.4. The van der Waals surface area contributed by atoms with Crippen LogP contribution in [0.3, 0.4) is 0 Å². The Morgan fingerprint density at radius 3 is 2.44 bits per heavy atom. The van der Waals surface area contributed by atoms with Crippen LogP contribution in [0.15, 0.2) is 21.1 Å². The van der Waals surface area contributed by atoms with Crippen LogP contribution in [0.4, 0.5) is 0 Å². The number of ether oxygens (including phenoxy) is 2. The molecule has 1 N–H and O–H groups in total. The largest absolute Gasteiger partial charge is 0.496 e. The molecule has 0 saturated heterocycles. The summed E-state index contributed by atoms with van der Waals surface area (Å²) >= 11 is 6.92. The zero-order valence-corrected chi connectivity index (χ0v) is 13.9. The van der Waals surface area contributed by atoms with E-state index in [0.29, 0.717) is 6.61 Å². The fourth-order valence-corrected chi connectivity index (χ4v) is 2.38. The highest BCUT2D eigenvalue weighted by atomic mass is 79.9. The summed E-state index contributed by atoms with van der Waals surface area (Å²) in [5, 5.41) is 3.34. The van der Waals surface area contributed by atoms with Crippen molar-refractivity contribution in [3.05, 3.63) is 21.1 Å². The first kappa shape index (κ1) is 15.8. The fourth-order valence-electron chi connectivity index (χ4n) is 1.46. The molecular formula is C13H19Br2NO2. The van der Waals surface area contributed by atoms with Crippen LogP contribution in [0.1, 0.15) is 19.8 Å². The van der Waals surface area contributed by atoms with Gasteiger partial charge in [0, 0.05) is 0 Å². The minimum atomic E-state index is 0.702. The van der Waals surface area contributed by atoms with Crippen molar-refractivity contribution in [2.75, 3.05) is 26.8 Å². The molecule has 0 atom stereocenters. The molecule has 0 unspecified atom stereocenters. The fraction of sp³-hybridized carbons (Fsp3) is 0.538. The lowest BCUT2D eigenvalue weighted by Gasteiger charge is -2.11. The van der Waals surface area contributed by atoms with Gasteiger partial charge in [-0.1, -0.05) is 6.92 Å². The lowest BCUT2D eigenvalue weighted by molar-refractivity contribution is 0.305. The number of halogens is 2. The number of hydrogen-bond donors (Lipinski definition) is 1. The second-order valence-electron chi connectivity index (χ2n) is 3.87. The normalized spacial score (nSPS) is 10.4. The maximum Gasteiger partial charge on any atom is 0.134 e. The SMILES string of the molecule is CCCNCCCOc1cc(Br)c(OC)cc1Br. The third-order valence-electron chi connectivity index (χ3n) is 2.39. The molecule has 0 aliphatic heterocycles. The molecule has 0 saturated carbocycles. The zero-order valence-electron chi connectivity index (χ0n) is 10.8. The summed E-state index contributed by atoms with van der Waals surface area (Å²) in [6.45, 7) is 4.92. The summed E-state index contributed by atoms with van der Waals surface area (Å²) in [7, 11) is 1.65. The van der Waals surface area contributed by atoms with Crippen molar-refractivity contribution in [2.45, 2.75) is 19.8 Å². The maximum absolute atomic E-state index is 5.72. The Bertz CT molecular complexity index is 372. The van der Waals surface area contributed by atoms with Crippen LogP contribution < -0.4 is 14.8 Å². The molecule has 0 aromatic heterocycles. The quantitative estimate of drug-likeness (QED) is 0.691. The standard InChI is InChI=1S/C13H19Br2NO2/c1-3-5-16-6-4-7-18-13-9-10(14)12(17-2)8-11(13)15/h8-9,16H,3-7H2,1-2H3. The molecule has 5 heteroatoms. The Morgan fingerprint density at radius 2 is 1.78 bits per heavy atom. The van der Waals surface area contributed by atoms with Gasteiger partial charge >= 0.3 is 0 Å². The van der Waals surface area contributed by atoms with Gasteiger partial charge in [-0.25, -0.2) is 0 Å². The Morgan fingerprint density at radius 1 is 1.11 bits per heavy atom. The highest BCUT2D eigenvalue weighted by Crippen LogP contribution is 2.35. The molecule has 0 aliphatic rings. The molecule has 1 aromatic rings. The second-order valence-corrected chi connectivity index (χ2v) is 5.58. The first-order valence-electron chi connectivity index (χ1n) is 6.05. The van der Waals surface area contributed by atoms with Crippen LogP contribution >= 0.6 is 31.9 Å². The second kappa shape index (κ2) is 8.77. The van der Waals surface area contributed by atoms with E-state index in [2.05, 4.69) is 44.1 Å². The van der Waals surface area contributed by atoms with Gasteiger partial charge in [0.05, 0.1) is 22.7 Å². The lowest BCUT2D eigenvalue weighted by atomic mass is 10.3. The van der Waals surface area contributed by atoms with Gasteiger partial charge < -0.3 is 14.8 Å². The van der Waals surface area contributed by atoms with E-state index in [9.17, 15) is 0 Å². The van der Waals surface area contributed by atoms with Crippen molar-refractivity contribution in [1.82, 2.24) is 5.32 Å². The number of hydrogen-bond acceptors (Lipinski definition) is 3. The van der Waals surface area contributed by atoms with Gasteiger partial charge in [-0.2, -0.15) is 0 Å². The highest BCUT2D eigenvalue weighted by Gasteiger charge is 2.07. The van der Waals surface area contributed by atoms with Crippen molar-refractivity contribution in [3.8, 4) is 11.5 Å². The lowest BCUT2D eigenvalue weighted by Crippen LogP contribution is -2.18. The Labute approximate surface area is 125 Å². The first-order chi connectivity index (χ1) is 8.69. The molecule has 0 spiro atoms. The van der Waals surface area contributed by atoms with E-state index >= 15 is 0 Å². The van der Waals surface area contributed by atoms with Crippen LogP contribution in [0.25, 0.3) is 0 Å². The summed E-state index contributed by atoms with van der Waals surface area (Å²) in [5.41, 5.74) is 0. The molecule has 18 heavy (non-hydrogen) atoms. The molecular weight excluding hydrogens is 362 g/mol. The van der Waals surface area contributed by atoms with Gasteiger partial charge in [0.25, 0.3) is 0 Å². The number of methoxy groups -OCH3 is 1. The number of benzene rings is 1. The van der Waals surface area contributed by atoms with E-state index in [4.69, 9.17) is 9.47 Å². The average molecular weight is 381 g/mol. The van der Waals surface area contributed by atoms with Crippen molar-refractivity contribution in [3.63, 3.8) is 0 Å². The van der Waals surface area contributed by atoms with Crippen molar-refractivity contribution < 1.29 is 9.47 Å². The van der Waals surface area contributed by atoms with Crippen LogP contribution in [0, 0.1) is 0 Å². The van der Waals surface area contributed by atoms with E-state index in [0.717, 1.165) is 46.4 Å². The molecule has 0 bridgehead atoms. The van der Waals surface area contributed by atoms with Crippen molar-refractivity contribution in [1.29, 1.82) is 0 Å². The molecule has 0 radical (unpaired) electrons. The first-order valence-corrected chi connectivity index (χ1v) is 7.64. The Hall–Kier alpha value is -0.260. The van der Waals surface area contributed by atoms with E-state index in [1.54, 1.807) is 7.11 Å². The predicted molar refractivity (Wildman–Crippen MR) is 81.7 cm³/mol. The summed E-state index contributed by atoms with van der Waals surface area (Å²) in [6.07, 6.45) is 2.16. The van der Waals surface area contributed by atoms with Crippen LogP contribution in [0.2, 0.25) is 0 Å². The predicted octanol–water partition coefficient (Wildman–Crippen LogP) is 3.99. The van der Waals surface area contributed by atoms with Gasteiger partial charge in [0.1, 0.15) is 11.5 Å². The van der Waals surface area contributed by atoms with Crippen molar-refractivity contribution >= 4 is 31.9 Å². The number of rotatable bonds is 8. The molecule has 3 nitrogen and oxygen atoms in total. The highest BCUT2D eigenvalue weighted by molar-refractivity contribution is 9.11. The minimum absolute atomic E-state index is 0.702. The van der Waals surface area contributed by atoms with Gasteiger partial charge in [0.15, 0.2) is 0 Å². The van der Waals surface area contributed by atoms with E-state index in [-0.39, 0.29) is 0 Å². The van der Waals surface area contributed by atoms with Gasteiger partial charge in [-0.15, -0.1) is 0 Å². The summed E-state index contributed by atoms with van der Waals surface area (Å²) < 4.78 is 12.7. The van der Waals surface area contributed by atoms with Crippen molar-refractivity contribution in [2.24, 2.45) is 0 Å². The maximum atomic E-state index is 5.72. The van der Waals surface area contributed by atoms with Crippen LogP contribution in [-0.2, 0) is 0 Å². The minimum Gasteiger partial charge on any atom is -0.496 e. The summed E-state index contributed by atoms with van der Waals surface area (Å²) in [6, 6.07) is 3.82. The summed E-state index contributed by atoms with van der Waals surface area (Å²) in [5.74, 6) is 1.62. The molecule has 0 amide bonds. The van der Waals surface area contributed by atoms with Crippen LogP contribution in [0.5, 0.6) is 11.5 Å². The van der Waals surface area contributed by atoms with E-state index in [1.165, 1.54) is 0 Å². The van der Waals surface area contributed by atoms with Crippen LogP contribution in [-0.4, -0.2) is 26.8 Å². The smallest absolute Gasteiger partial charge is 0.134 e. The van der Waals surface area contributed by atoms with E-state index in [1.807, 2.05) is 12.1 Å². The van der Waals surface area contributed by atoms with Gasteiger partial charge in [0.2, 0.25) is 0 Å². The molecule has 1 rings (SSSR count). The molecule has 0 aliphatic carbocycles. The molecule has 102 valence electrons. The molecule has 1 aromatic carbocycles. The third kappa shape index (κ3) is 5.16. The Balaban J connectivity index is 2.40. The summed E-state index contributed by atoms with van der Waals surface area (Å²) in [4.78, 5) is 0. The molecule has 0 heterocycles. The average Bonchev–Trinajstić information content (AvgIpc) is 2.37. The monoisotopic (exact) mass is 379 g/mol. The molecule has 0 fully saturated rings. The topological polar surface area (TPSA) is 30.5 Å². The Kier molecular flexibility index (Phi) is 7.70. The van der Waals surface area contributed by atoms with Gasteiger partial charge in [-0.3, -0.25) is 0 Å². The third-order valence-corrected chi connectivity index (χ3v) is 3.63.